The van der Waals surface area contributed by atoms with E-state index in [1.807, 2.05) is 0 Å². The number of carbonyl (C=O) groups excluding carboxylic acids is 1. The average Bonchev–Trinajstić information content (AvgIpc) is 2.41. The van der Waals surface area contributed by atoms with E-state index in [0.717, 1.165) is 16.6 Å². The van der Waals surface area contributed by atoms with Crippen molar-refractivity contribution in [2.75, 3.05) is 16.8 Å². The first kappa shape index (κ1) is 15.0. The molecule has 5 nitrogen and oxygen atoms in total. The van der Waals surface area contributed by atoms with E-state index in [9.17, 15) is 14.9 Å². The molecule has 1 amide bonds. The highest BCUT2D eigenvalue weighted by molar-refractivity contribution is 9.09. The van der Waals surface area contributed by atoms with Gasteiger partial charge in [0.2, 0.25) is 5.91 Å². The Bertz CT molecular complexity index is 557. The number of nitro groups is 1. The molecule has 6 heteroatoms. The summed E-state index contributed by atoms with van der Waals surface area (Å²) >= 11 is 3.46. The van der Waals surface area contributed by atoms with Gasteiger partial charge in [-0.05, 0) is 23.5 Å². The number of amides is 1. The molecule has 0 fully saturated rings. The highest BCUT2D eigenvalue weighted by Gasteiger charge is 2.30. The van der Waals surface area contributed by atoms with E-state index >= 15 is 0 Å². The first-order chi connectivity index (χ1) is 9.34. The Hall–Kier alpha value is -1.43. The van der Waals surface area contributed by atoms with Crippen molar-refractivity contribution in [1.29, 1.82) is 0 Å². The third-order valence-electron chi connectivity index (χ3n) is 3.42. The summed E-state index contributed by atoms with van der Waals surface area (Å²) < 4.78 is 0. The van der Waals surface area contributed by atoms with Crippen molar-refractivity contribution in [3.63, 3.8) is 0 Å². The molecule has 1 aromatic rings. The number of rotatable bonds is 4. The number of halogens is 1. The Kier molecular flexibility index (Phi) is 4.13. The van der Waals surface area contributed by atoms with Crippen LogP contribution in [0.15, 0.2) is 18.2 Å². The maximum Gasteiger partial charge on any atom is 0.269 e. The summed E-state index contributed by atoms with van der Waals surface area (Å²) in [5.41, 5.74) is 1.72. The summed E-state index contributed by atoms with van der Waals surface area (Å²) in [6.07, 6.45) is 0.980. The van der Waals surface area contributed by atoms with Crippen LogP contribution in [0.1, 0.15) is 25.8 Å². The number of nitro benzene ring substituents is 1. The SMILES string of the molecule is CC(C)(CBr)CN1C(=O)CCc2cc([N+](=O)[O-])ccc21. The van der Waals surface area contributed by atoms with Crippen molar-refractivity contribution >= 4 is 33.2 Å². The van der Waals surface area contributed by atoms with Crippen LogP contribution in [0.5, 0.6) is 0 Å². The van der Waals surface area contributed by atoms with Gasteiger partial charge >= 0.3 is 0 Å². The fraction of sp³-hybridized carbons (Fsp3) is 0.500. The largest absolute Gasteiger partial charge is 0.312 e. The van der Waals surface area contributed by atoms with Crippen molar-refractivity contribution in [3.8, 4) is 0 Å². The molecule has 1 heterocycles. The zero-order valence-electron chi connectivity index (χ0n) is 11.6. The number of aryl methyl sites for hydroxylation is 1. The first-order valence-corrected chi connectivity index (χ1v) is 7.60. The van der Waals surface area contributed by atoms with Crippen molar-refractivity contribution in [1.82, 2.24) is 0 Å². The number of nitrogens with zero attached hydrogens (tertiary/aromatic N) is 2. The van der Waals surface area contributed by atoms with Crippen LogP contribution in [0, 0.1) is 15.5 Å². The topological polar surface area (TPSA) is 63.5 Å². The summed E-state index contributed by atoms with van der Waals surface area (Å²) in [6, 6.07) is 4.73. The summed E-state index contributed by atoms with van der Waals surface area (Å²) in [4.78, 5) is 24.3. The molecule has 0 unspecified atom stereocenters. The molecule has 0 spiro atoms. The van der Waals surface area contributed by atoms with Crippen LogP contribution < -0.4 is 4.90 Å². The van der Waals surface area contributed by atoms with Crippen molar-refractivity contribution < 1.29 is 9.72 Å². The smallest absolute Gasteiger partial charge is 0.269 e. The van der Waals surface area contributed by atoms with Crippen LogP contribution in [0.25, 0.3) is 0 Å². The monoisotopic (exact) mass is 340 g/mol. The first-order valence-electron chi connectivity index (χ1n) is 6.48. The molecule has 1 aromatic carbocycles. The molecular weight excluding hydrogens is 324 g/mol. The van der Waals surface area contributed by atoms with E-state index in [-0.39, 0.29) is 17.0 Å². The van der Waals surface area contributed by atoms with Gasteiger partial charge in [-0.2, -0.15) is 0 Å². The maximum atomic E-state index is 12.1. The van der Waals surface area contributed by atoms with E-state index in [4.69, 9.17) is 0 Å². The molecule has 0 atom stereocenters. The maximum absolute atomic E-state index is 12.1. The van der Waals surface area contributed by atoms with Gasteiger partial charge in [0.05, 0.1) is 4.92 Å². The predicted molar refractivity (Wildman–Crippen MR) is 81.3 cm³/mol. The molecule has 20 heavy (non-hydrogen) atoms. The lowest BCUT2D eigenvalue weighted by molar-refractivity contribution is -0.384. The number of non-ortho nitro benzene ring substituents is 1. The number of hydrogen-bond acceptors (Lipinski definition) is 3. The number of benzene rings is 1. The average molecular weight is 341 g/mol. The van der Waals surface area contributed by atoms with Crippen molar-refractivity contribution in [2.45, 2.75) is 26.7 Å². The van der Waals surface area contributed by atoms with E-state index in [0.29, 0.717) is 19.4 Å². The summed E-state index contributed by atoms with van der Waals surface area (Å²) in [6.45, 7) is 4.76. The molecule has 0 bridgehead atoms. The molecule has 1 aliphatic rings. The van der Waals surface area contributed by atoms with Gasteiger partial charge in [-0.1, -0.05) is 29.8 Å². The number of hydrogen-bond donors (Lipinski definition) is 0. The summed E-state index contributed by atoms with van der Waals surface area (Å²) in [7, 11) is 0. The lowest BCUT2D eigenvalue weighted by Gasteiger charge is -2.35. The van der Waals surface area contributed by atoms with Crippen molar-refractivity contribution in [2.24, 2.45) is 5.41 Å². The van der Waals surface area contributed by atoms with Gasteiger partial charge < -0.3 is 4.90 Å². The van der Waals surface area contributed by atoms with Crippen LogP contribution in [-0.2, 0) is 11.2 Å². The zero-order chi connectivity index (χ0) is 14.9. The third kappa shape index (κ3) is 3.00. The highest BCUT2D eigenvalue weighted by atomic mass is 79.9. The van der Waals surface area contributed by atoms with Crippen molar-refractivity contribution in [3.05, 3.63) is 33.9 Å². The quantitative estimate of drug-likeness (QED) is 0.480. The molecular formula is C14H17BrN2O3. The van der Waals surface area contributed by atoms with Gasteiger partial charge in [0, 0.05) is 36.1 Å². The molecule has 0 saturated carbocycles. The van der Waals surface area contributed by atoms with E-state index in [2.05, 4.69) is 29.8 Å². The Morgan fingerprint density at radius 3 is 2.70 bits per heavy atom. The second-order valence-corrected chi connectivity index (χ2v) is 6.41. The van der Waals surface area contributed by atoms with Gasteiger partial charge in [0.25, 0.3) is 5.69 Å². The molecule has 1 aliphatic heterocycles. The Labute approximate surface area is 126 Å². The highest BCUT2D eigenvalue weighted by Crippen LogP contribution is 2.33. The minimum atomic E-state index is -0.399. The van der Waals surface area contributed by atoms with E-state index < -0.39 is 4.92 Å². The lowest BCUT2D eigenvalue weighted by atomic mass is 9.92. The summed E-state index contributed by atoms with van der Waals surface area (Å²) in [5.74, 6) is 0.0837. The number of carbonyl (C=O) groups is 1. The van der Waals surface area contributed by atoms with Crippen LogP contribution >= 0.6 is 15.9 Å². The minimum Gasteiger partial charge on any atom is -0.312 e. The molecule has 2 rings (SSSR count). The van der Waals surface area contributed by atoms with E-state index in [1.54, 1.807) is 17.0 Å². The predicted octanol–water partition coefficient (Wildman–Crippen LogP) is 3.30. The van der Waals surface area contributed by atoms with Crippen LogP contribution in [0.2, 0.25) is 0 Å². The standard InChI is InChI=1S/C14H17BrN2O3/c1-14(2,8-15)9-16-12-5-4-11(17(19)20)7-10(12)3-6-13(16)18/h4-5,7H,3,6,8-9H2,1-2H3. The number of fused-ring (bicyclic) bond motifs is 1. The van der Waals surface area contributed by atoms with Gasteiger partial charge in [-0.25, -0.2) is 0 Å². The van der Waals surface area contributed by atoms with Crippen LogP contribution in [-0.4, -0.2) is 22.7 Å². The number of alkyl halides is 1. The Morgan fingerprint density at radius 2 is 2.10 bits per heavy atom. The van der Waals surface area contributed by atoms with Gasteiger partial charge in [0.15, 0.2) is 0 Å². The van der Waals surface area contributed by atoms with E-state index in [1.165, 1.54) is 6.07 Å². The molecule has 0 radical (unpaired) electrons. The number of anilines is 1. The van der Waals surface area contributed by atoms with Crippen LogP contribution in [0.4, 0.5) is 11.4 Å². The zero-order valence-corrected chi connectivity index (χ0v) is 13.1. The van der Waals surface area contributed by atoms with Gasteiger partial charge in [0.1, 0.15) is 0 Å². The lowest BCUT2D eigenvalue weighted by Crippen LogP contribution is -2.42. The second-order valence-electron chi connectivity index (χ2n) is 5.85. The molecule has 0 aromatic heterocycles. The molecule has 0 aliphatic carbocycles. The Balaban J connectivity index is 2.37. The van der Waals surface area contributed by atoms with Crippen LogP contribution in [0.3, 0.4) is 0 Å². The minimum absolute atomic E-state index is 0.0496. The second kappa shape index (κ2) is 5.52. The molecule has 0 saturated heterocycles. The van der Waals surface area contributed by atoms with Gasteiger partial charge in [-0.3, -0.25) is 14.9 Å². The third-order valence-corrected chi connectivity index (χ3v) is 4.94. The molecule has 0 N–H and O–H groups in total. The normalized spacial score (nSPS) is 15.2. The summed E-state index contributed by atoms with van der Waals surface area (Å²) in [5, 5.41) is 11.6. The fourth-order valence-corrected chi connectivity index (χ4v) is 2.48. The Morgan fingerprint density at radius 1 is 1.40 bits per heavy atom. The van der Waals surface area contributed by atoms with Gasteiger partial charge in [-0.15, -0.1) is 0 Å². The molecule has 108 valence electrons. The fourth-order valence-electron chi connectivity index (χ4n) is 2.30.